The molecule has 0 fully saturated rings. The van der Waals surface area contributed by atoms with Gasteiger partial charge >= 0.3 is 0 Å². The molecule has 0 amide bonds. The van der Waals surface area contributed by atoms with Crippen LogP contribution in [0.5, 0.6) is 0 Å². The summed E-state index contributed by atoms with van der Waals surface area (Å²) in [5.74, 6) is 0.352. The quantitative estimate of drug-likeness (QED) is 0.871. The third kappa shape index (κ3) is 2.94. The summed E-state index contributed by atoms with van der Waals surface area (Å²) < 4.78 is 1.83. The third-order valence-electron chi connectivity index (χ3n) is 3.06. The minimum Gasteiger partial charge on any atom is -0.330 e. The van der Waals surface area contributed by atoms with Gasteiger partial charge < -0.3 is 5.73 Å². The molecule has 0 saturated heterocycles. The van der Waals surface area contributed by atoms with Gasteiger partial charge in [-0.1, -0.05) is 29.8 Å². The normalized spacial score (nSPS) is 12.6. The van der Waals surface area contributed by atoms with Crippen molar-refractivity contribution in [2.24, 2.45) is 12.8 Å². The highest BCUT2D eigenvalue weighted by Crippen LogP contribution is 2.19. The molecule has 1 atom stereocenters. The Kier molecular flexibility index (Phi) is 3.59. The Morgan fingerprint density at radius 2 is 1.94 bits per heavy atom. The number of hydrogen-bond acceptors (Lipinski definition) is 2. The number of rotatable bonds is 4. The second kappa shape index (κ2) is 5.15. The largest absolute Gasteiger partial charge is 0.330 e. The summed E-state index contributed by atoms with van der Waals surface area (Å²) in [7, 11) is 1.94. The van der Waals surface area contributed by atoms with Crippen molar-refractivity contribution in [2.45, 2.75) is 19.3 Å². The molecule has 2 N–H and O–H groups in total. The lowest BCUT2D eigenvalue weighted by atomic mass is 9.94. The molecule has 90 valence electrons. The Balaban J connectivity index is 2.13. The molecule has 2 rings (SSSR count). The molecule has 1 heterocycles. The maximum Gasteiger partial charge on any atom is 0.0631 e. The highest BCUT2D eigenvalue weighted by Gasteiger charge is 2.11. The molecule has 1 aromatic carbocycles. The molecular weight excluding hydrogens is 210 g/mol. The van der Waals surface area contributed by atoms with Gasteiger partial charge in [0.15, 0.2) is 0 Å². The molecule has 1 unspecified atom stereocenters. The summed E-state index contributed by atoms with van der Waals surface area (Å²) in [6.45, 7) is 2.75. The highest BCUT2D eigenvalue weighted by molar-refractivity contribution is 5.26. The van der Waals surface area contributed by atoms with Crippen molar-refractivity contribution in [1.29, 1.82) is 0 Å². The average molecular weight is 229 g/mol. The SMILES string of the molecule is Cc1ccc(C(CN)Cc2ccn(C)n2)cc1. The third-order valence-corrected chi connectivity index (χ3v) is 3.06. The summed E-state index contributed by atoms with van der Waals surface area (Å²) >= 11 is 0. The van der Waals surface area contributed by atoms with Crippen molar-refractivity contribution in [1.82, 2.24) is 9.78 Å². The van der Waals surface area contributed by atoms with Crippen molar-refractivity contribution < 1.29 is 0 Å². The first-order chi connectivity index (χ1) is 8.19. The topological polar surface area (TPSA) is 43.8 Å². The minimum absolute atomic E-state index is 0.352. The van der Waals surface area contributed by atoms with E-state index in [0.29, 0.717) is 12.5 Å². The second-order valence-corrected chi connectivity index (χ2v) is 4.53. The van der Waals surface area contributed by atoms with Gasteiger partial charge in [-0.05, 0) is 31.5 Å². The number of hydrogen-bond donors (Lipinski definition) is 1. The van der Waals surface area contributed by atoms with Gasteiger partial charge in [0.25, 0.3) is 0 Å². The van der Waals surface area contributed by atoms with Crippen LogP contribution in [0.4, 0.5) is 0 Å². The predicted octanol–water partition coefficient (Wildman–Crippen LogP) is 2.01. The monoisotopic (exact) mass is 229 g/mol. The van der Waals surface area contributed by atoms with Crippen molar-refractivity contribution in [3.8, 4) is 0 Å². The van der Waals surface area contributed by atoms with Gasteiger partial charge in [-0.3, -0.25) is 4.68 Å². The van der Waals surface area contributed by atoms with Crippen LogP contribution in [-0.4, -0.2) is 16.3 Å². The number of nitrogens with two attached hydrogens (primary N) is 1. The maximum absolute atomic E-state index is 5.86. The molecule has 2 aromatic rings. The Labute approximate surface area is 102 Å². The smallest absolute Gasteiger partial charge is 0.0631 e. The van der Waals surface area contributed by atoms with E-state index in [4.69, 9.17) is 5.73 Å². The molecule has 0 radical (unpaired) electrons. The van der Waals surface area contributed by atoms with E-state index in [0.717, 1.165) is 12.1 Å². The molecule has 17 heavy (non-hydrogen) atoms. The van der Waals surface area contributed by atoms with E-state index in [9.17, 15) is 0 Å². The van der Waals surface area contributed by atoms with E-state index >= 15 is 0 Å². The van der Waals surface area contributed by atoms with E-state index < -0.39 is 0 Å². The van der Waals surface area contributed by atoms with Gasteiger partial charge in [0, 0.05) is 19.2 Å². The van der Waals surface area contributed by atoms with Crippen LogP contribution in [0.2, 0.25) is 0 Å². The summed E-state index contributed by atoms with van der Waals surface area (Å²) in [6, 6.07) is 10.6. The molecule has 3 nitrogen and oxygen atoms in total. The van der Waals surface area contributed by atoms with Crippen LogP contribution >= 0.6 is 0 Å². The predicted molar refractivity (Wildman–Crippen MR) is 69.9 cm³/mol. The first-order valence-electron chi connectivity index (χ1n) is 5.94. The van der Waals surface area contributed by atoms with E-state index in [2.05, 4.69) is 42.4 Å². The fourth-order valence-electron chi connectivity index (χ4n) is 2.00. The number of aromatic nitrogens is 2. The van der Waals surface area contributed by atoms with Gasteiger partial charge in [-0.25, -0.2) is 0 Å². The van der Waals surface area contributed by atoms with Crippen LogP contribution in [0.3, 0.4) is 0 Å². The van der Waals surface area contributed by atoms with Gasteiger partial charge in [-0.15, -0.1) is 0 Å². The molecule has 0 bridgehead atoms. The molecule has 0 saturated carbocycles. The molecule has 0 aliphatic carbocycles. The van der Waals surface area contributed by atoms with E-state index in [-0.39, 0.29) is 0 Å². The standard InChI is InChI=1S/C14H19N3/c1-11-3-5-12(6-4-11)13(10-15)9-14-7-8-17(2)16-14/h3-8,13H,9-10,15H2,1-2H3. The van der Waals surface area contributed by atoms with Gasteiger partial charge in [0.2, 0.25) is 0 Å². The molecule has 0 aliphatic rings. The molecular formula is C14H19N3. The van der Waals surface area contributed by atoms with Crippen LogP contribution in [-0.2, 0) is 13.5 Å². The van der Waals surface area contributed by atoms with Crippen LogP contribution in [0, 0.1) is 6.92 Å². The van der Waals surface area contributed by atoms with Crippen LogP contribution < -0.4 is 5.73 Å². The zero-order valence-electron chi connectivity index (χ0n) is 10.4. The lowest BCUT2D eigenvalue weighted by Crippen LogP contribution is -2.15. The molecule has 3 heteroatoms. The van der Waals surface area contributed by atoms with Gasteiger partial charge in [-0.2, -0.15) is 5.10 Å². The maximum atomic E-state index is 5.86. The van der Waals surface area contributed by atoms with Crippen molar-refractivity contribution in [3.63, 3.8) is 0 Å². The van der Waals surface area contributed by atoms with Crippen LogP contribution in [0.15, 0.2) is 36.5 Å². The van der Waals surface area contributed by atoms with Crippen molar-refractivity contribution in [2.75, 3.05) is 6.54 Å². The van der Waals surface area contributed by atoms with Crippen molar-refractivity contribution in [3.05, 3.63) is 53.3 Å². The molecule has 0 spiro atoms. The Morgan fingerprint density at radius 3 is 2.47 bits per heavy atom. The van der Waals surface area contributed by atoms with Crippen LogP contribution in [0.1, 0.15) is 22.7 Å². The zero-order chi connectivity index (χ0) is 12.3. The Hall–Kier alpha value is -1.61. The summed E-state index contributed by atoms with van der Waals surface area (Å²) in [5.41, 5.74) is 9.54. The number of aryl methyl sites for hydroxylation is 2. The van der Waals surface area contributed by atoms with E-state index in [1.54, 1.807) is 0 Å². The van der Waals surface area contributed by atoms with Gasteiger partial charge in [0.05, 0.1) is 5.69 Å². The highest BCUT2D eigenvalue weighted by atomic mass is 15.2. The Bertz CT molecular complexity index is 470. The lowest BCUT2D eigenvalue weighted by Gasteiger charge is -2.14. The molecule has 1 aromatic heterocycles. The van der Waals surface area contributed by atoms with E-state index in [1.165, 1.54) is 11.1 Å². The zero-order valence-corrected chi connectivity index (χ0v) is 10.4. The number of nitrogens with zero attached hydrogens (tertiary/aromatic N) is 2. The summed E-state index contributed by atoms with van der Waals surface area (Å²) in [5, 5.41) is 4.40. The van der Waals surface area contributed by atoms with E-state index in [1.807, 2.05) is 17.9 Å². The summed E-state index contributed by atoms with van der Waals surface area (Å²) in [6.07, 6.45) is 2.87. The average Bonchev–Trinajstić information content (AvgIpc) is 2.73. The fourth-order valence-corrected chi connectivity index (χ4v) is 2.00. The van der Waals surface area contributed by atoms with Crippen LogP contribution in [0.25, 0.3) is 0 Å². The fraction of sp³-hybridized carbons (Fsp3) is 0.357. The first-order valence-corrected chi connectivity index (χ1v) is 5.94. The lowest BCUT2D eigenvalue weighted by molar-refractivity contribution is 0.659. The Morgan fingerprint density at radius 1 is 1.24 bits per heavy atom. The number of benzene rings is 1. The molecule has 0 aliphatic heterocycles. The summed E-state index contributed by atoms with van der Waals surface area (Å²) in [4.78, 5) is 0. The minimum atomic E-state index is 0.352. The first kappa shape index (κ1) is 11.9. The second-order valence-electron chi connectivity index (χ2n) is 4.53. The van der Waals surface area contributed by atoms with Crippen molar-refractivity contribution >= 4 is 0 Å². The van der Waals surface area contributed by atoms with Gasteiger partial charge in [0.1, 0.15) is 0 Å².